The highest BCUT2D eigenvalue weighted by molar-refractivity contribution is 9.10. The summed E-state index contributed by atoms with van der Waals surface area (Å²) < 4.78 is 5.60. The van der Waals surface area contributed by atoms with Crippen molar-refractivity contribution in [1.82, 2.24) is 9.88 Å². The van der Waals surface area contributed by atoms with E-state index in [1.165, 1.54) is 7.11 Å². The summed E-state index contributed by atoms with van der Waals surface area (Å²) in [5, 5.41) is 0.154. The van der Waals surface area contributed by atoms with Crippen LogP contribution in [0.1, 0.15) is 42.5 Å². The van der Waals surface area contributed by atoms with Crippen LogP contribution in [0.4, 0.5) is 0 Å². The summed E-state index contributed by atoms with van der Waals surface area (Å²) in [4.78, 5) is 31.0. The minimum absolute atomic E-state index is 0.0791. The zero-order valence-corrected chi connectivity index (χ0v) is 15.1. The van der Waals surface area contributed by atoms with E-state index in [4.69, 9.17) is 16.3 Å². The monoisotopic (exact) mass is 400 g/mol. The van der Waals surface area contributed by atoms with Crippen molar-refractivity contribution in [2.45, 2.75) is 44.2 Å². The van der Waals surface area contributed by atoms with Gasteiger partial charge in [0.25, 0.3) is 5.91 Å². The minimum Gasteiger partial charge on any atom is -0.467 e. The molecule has 7 heteroatoms. The van der Waals surface area contributed by atoms with E-state index in [0.717, 1.165) is 25.7 Å². The van der Waals surface area contributed by atoms with Gasteiger partial charge in [0.05, 0.1) is 12.7 Å². The average molecular weight is 402 g/mol. The van der Waals surface area contributed by atoms with Crippen LogP contribution in [-0.2, 0) is 9.53 Å². The van der Waals surface area contributed by atoms with Crippen LogP contribution in [0, 0.1) is 5.92 Å². The number of esters is 1. The fraction of sp³-hybridized carbons (Fsp3) is 0.562. The molecule has 0 aromatic carbocycles. The molecule has 1 aromatic heterocycles. The summed E-state index contributed by atoms with van der Waals surface area (Å²) in [7, 11) is 1.36. The lowest BCUT2D eigenvalue weighted by Crippen LogP contribution is -2.46. The molecule has 0 N–H and O–H groups in total. The number of aromatic nitrogens is 1. The largest absolute Gasteiger partial charge is 0.467 e. The first-order valence-electron chi connectivity index (χ1n) is 7.74. The molecule has 23 heavy (non-hydrogen) atoms. The fourth-order valence-corrected chi connectivity index (χ4v) is 4.33. The van der Waals surface area contributed by atoms with Gasteiger partial charge in [0.2, 0.25) is 0 Å². The lowest BCUT2D eigenvalue weighted by Gasteiger charge is -2.33. The van der Waals surface area contributed by atoms with Gasteiger partial charge in [-0.05, 0) is 47.2 Å². The van der Waals surface area contributed by atoms with Gasteiger partial charge in [-0.1, -0.05) is 24.4 Å². The van der Waals surface area contributed by atoms with Crippen LogP contribution in [0.5, 0.6) is 0 Å². The molecule has 1 aliphatic heterocycles. The highest BCUT2D eigenvalue weighted by atomic mass is 79.9. The van der Waals surface area contributed by atoms with Crippen molar-refractivity contribution in [1.29, 1.82) is 0 Å². The van der Waals surface area contributed by atoms with Gasteiger partial charge in [-0.15, -0.1) is 0 Å². The molecule has 124 valence electrons. The van der Waals surface area contributed by atoms with Gasteiger partial charge < -0.3 is 9.64 Å². The SMILES string of the molecule is COC(=O)C1CC2CCCCC2N1C(=O)c1cc(Br)cnc1Cl. The van der Waals surface area contributed by atoms with Gasteiger partial charge in [0.1, 0.15) is 11.2 Å². The first-order chi connectivity index (χ1) is 11.0. The van der Waals surface area contributed by atoms with Gasteiger partial charge in [0.15, 0.2) is 0 Å². The quantitative estimate of drug-likeness (QED) is 0.562. The molecule has 1 aromatic rings. The number of pyridine rings is 1. The number of hydrogen-bond acceptors (Lipinski definition) is 4. The van der Waals surface area contributed by atoms with E-state index in [2.05, 4.69) is 20.9 Å². The number of amides is 1. The predicted molar refractivity (Wildman–Crippen MR) is 89.3 cm³/mol. The smallest absolute Gasteiger partial charge is 0.328 e. The lowest BCUT2D eigenvalue weighted by molar-refractivity contribution is -0.145. The third-order valence-corrected chi connectivity index (χ3v) is 5.57. The topological polar surface area (TPSA) is 59.5 Å². The van der Waals surface area contributed by atoms with E-state index in [1.807, 2.05) is 0 Å². The van der Waals surface area contributed by atoms with Crippen LogP contribution >= 0.6 is 27.5 Å². The molecule has 1 saturated carbocycles. The Hall–Kier alpha value is -1.14. The maximum absolute atomic E-state index is 13.1. The highest BCUT2D eigenvalue weighted by Crippen LogP contribution is 2.41. The lowest BCUT2D eigenvalue weighted by atomic mass is 9.84. The zero-order valence-electron chi connectivity index (χ0n) is 12.8. The molecule has 0 spiro atoms. The van der Waals surface area contributed by atoms with Gasteiger partial charge >= 0.3 is 5.97 Å². The summed E-state index contributed by atoms with van der Waals surface area (Å²) in [6.45, 7) is 0. The average Bonchev–Trinajstić information content (AvgIpc) is 2.95. The normalized spacial score (nSPS) is 26.7. The maximum atomic E-state index is 13.1. The molecule has 3 rings (SSSR count). The van der Waals surface area contributed by atoms with Gasteiger partial charge in [-0.25, -0.2) is 9.78 Å². The molecule has 0 radical (unpaired) electrons. The second kappa shape index (κ2) is 6.77. The second-order valence-electron chi connectivity index (χ2n) is 6.09. The van der Waals surface area contributed by atoms with Crippen molar-refractivity contribution in [2.24, 2.45) is 5.92 Å². The number of fused-ring (bicyclic) bond motifs is 1. The molecule has 1 saturated heterocycles. The van der Waals surface area contributed by atoms with Gasteiger partial charge in [-0.3, -0.25) is 4.79 Å². The van der Waals surface area contributed by atoms with Crippen molar-refractivity contribution >= 4 is 39.4 Å². The van der Waals surface area contributed by atoms with Crippen LogP contribution in [0.3, 0.4) is 0 Å². The van der Waals surface area contributed by atoms with Crippen LogP contribution in [0.2, 0.25) is 5.15 Å². The molecule has 1 amide bonds. The van der Waals surface area contributed by atoms with Crippen molar-refractivity contribution in [3.8, 4) is 0 Å². The number of carbonyl (C=O) groups is 2. The Labute approximate surface area is 148 Å². The standard InChI is InChI=1S/C16H18BrClN2O3/c1-23-16(22)13-6-9-4-2-3-5-12(9)20(13)15(21)11-7-10(17)8-19-14(11)18/h7-9,12-13H,2-6H2,1H3. The molecule has 3 atom stereocenters. The summed E-state index contributed by atoms with van der Waals surface area (Å²) in [6, 6.07) is 1.20. The maximum Gasteiger partial charge on any atom is 0.328 e. The summed E-state index contributed by atoms with van der Waals surface area (Å²) in [6.07, 6.45) is 6.40. The molecule has 2 aliphatic rings. The molecule has 2 heterocycles. The Morgan fingerprint density at radius 2 is 2.13 bits per heavy atom. The number of likely N-dealkylation sites (tertiary alicyclic amines) is 1. The Morgan fingerprint density at radius 1 is 1.39 bits per heavy atom. The van der Waals surface area contributed by atoms with E-state index in [0.29, 0.717) is 22.4 Å². The van der Waals surface area contributed by atoms with Crippen molar-refractivity contribution in [2.75, 3.05) is 7.11 Å². The zero-order chi connectivity index (χ0) is 16.6. The minimum atomic E-state index is -0.532. The molecular weight excluding hydrogens is 384 g/mol. The molecule has 5 nitrogen and oxygen atoms in total. The number of hydrogen-bond donors (Lipinski definition) is 0. The molecule has 0 bridgehead atoms. The number of nitrogens with zero attached hydrogens (tertiary/aromatic N) is 2. The van der Waals surface area contributed by atoms with Gasteiger partial charge in [0, 0.05) is 16.7 Å². The fourth-order valence-electron chi connectivity index (χ4n) is 3.81. The third kappa shape index (κ3) is 3.11. The number of ether oxygens (including phenoxy) is 1. The first-order valence-corrected chi connectivity index (χ1v) is 8.91. The van der Waals surface area contributed by atoms with E-state index < -0.39 is 6.04 Å². The van der Waals surface area contributed by atoms with Gasteiger partial charge in [-0.2, -0.15) is 0 Å². The Kier molecular flexibility index (Phi) is 4.92. The van der Waals surface area contributed by atoms with Crippen LogP contribution in [-0.4, -0.2) is 41.0 Å². The Morgan fingerprint density at radius 3 is 2.87 bits per heavy atom. The molecular formula is C16H18BrClN2O3. The second-order valence-corrected chi connectivity index (χ2v) is 7.36. The van der Waals surface area contributed by atoms with Crippen LogP contribution in [0.25, 0.3) is 0 Å². The van der Waals surface area contributed by atoms with E-state index in [-0.39, 0.29) is 23.1 Å². The van der Waals surface area contributed by atoms with Crippen LogP contribution in [0.15, 0.2) is 16.7 Å². The van der Waals surface area contributed by atoms with Crippen molar-refractivity contribution < 1.29 is 14.3 Å². The highest BCUT2D eigenvalue weighted by Gasteiger charge is 2.48. The summed E-state index contributed by atoms with van der Waals surface area (Å²) in [5.74, 6) is -0.240. The van der Waals surface area contributed by atoms with Crippen molar-refractivity contribution in [3.05, 3.63) is 27.5 Å². The first kappa shape index (κ1) is 16.7. The van der Waals surface area contributed by atoms with E-state index in [1.54, 1.807) is 17.2 Å². The van der Waals surface area contributed by atoms with E-state index >= 15 is 0 Å². The Bertz CT molecular complexity index is 640. The van der Waals surface area contributed by atoms with Crippen molar-refractivity contribution in [3.63, 3.8) is 0 Å². The molecule has 1 aliphatic carbocycles. The van der Waals surface area contributed by atoms with Crippen LogP contribution < -0.4 is 0 Å². The molecule has 3 unspecified atom stereocenters. The Balaban J connectivity index is 1.97. The summed E-state index contributed by atoms with van der Waals surface area (Å²) in [5.41, 5.74) is 0.321. The molecule has 2 fully saturated rings. The number of halogens is 2. The number of rotatable bonds is 2. The predicted octanol–water partition coefficient (Wildman–Crippen LogP) is 3.44. The summed E-state index contributed by atoms with van der Waals surface area (Å²) >= 11 is 9.43. The van der Waals surface area contributed by atoms with E-state index in [9.17, 15) is 9.59 Å². The number of carbonyl (C=O) groups excluding carboxylic acids is 2. The number of methoxy groups -OCH3 is 1. The third-order valence-electron chi connectivity index (χ3n) is 4.83.